The minimum Gasteiger partial charge on any atom is -0.342 e. The third-order valence-electron chi connectivity index (χ3n) is 7.59. The molecule has 172 valence electrons. The molecule has 0 bridgehead atoms. The summed E-state index contributed by atoms with van der Waals surface area (Å²) in [5, 5.41) is 7.34. The number of hydrogen-bond acceptors (Lipinski definition) is 4. The molecule has 3 aliphatic rings. The molecule has 1 aromatic heterocycles. The van der Waals surface area contributed by atoms with Crippen molar-refractivity contribution in [2.45, 2.75) is 82.6 Å². The first kappa shape index (κ1) is 22.3. The molecule has 31 heavy (non-hydrogen) atoms. The van der Waals surface area contributed by atoms with Crippen LogP contribution < -0.4 is 0 Å². The lowest BCUT2D eigenvalue weighted by Gasteiger charge is -2.34. The number of rotatable bonds is 7. The van der Waals surface area contributed by atoms with E-state index in [0.29, 0.717) is 24.6 Å². The van der Waals surface area contributed by atoms with Crippen LogP contribution >= 0.6 is 0 Å². The molecule has 0 aromatic carbocycles. The van der Waals surface area contributed by atoms with Crippen LogP contribution in [0.25, 0.3) is 0 Å². The van der Waals surface area contributed by atoms with Gasteiger partial charge >= 0.3 is 0 Å². The van der Waals surface area contributed by atoms with E-state index in [1.165, 1.54) is 45.2 Å². The molecular weight excluding hydrogens is 390 g/mol. The fourth-order valence-electron chi connectivity index (χ4n) is 5.66. The summed E-state index contributed by atoms with van der Waals surface area (Å²) in [7, 11) is 1.94. The summed E-state index contributed by atoms with van der Waals surface area (Å²) in [5.74, 6) is 0.498. The number of amides is 2. The lowest BCUT2D eigenvalue weighted by Crippen LogP contribution is -2.41. The van der Waals surface area contributed by atoms with Crippen molar-refractivity contribution in [3.8, 4) is 0 Å². The number of carbonyl (C=O) groups excluding carboxylic acids is 2. The van der Waals surface area contributed by atoms with Gasteiger partial charge in [-0.15, -0.1) is 0 Å². The van der Waals surface area contributed by atoms with Crippen LogP contribution in [0.4, 0.5) is 0 Å². The van der Waals surface area contributed by atoms with Gasteiger partial charge in [0, 0.05) is 38.5 Å². The van der Waals surface area contributed by atoms with Gasteiger partial charge in [-0.3, -0.25) is 14.7 Å². The van der Waals surface area contributed by atoms with Crippen LogP contribution in [0.5, 0.6) is 0 Å². The van der Waals surface area contributed by atoms with Crippen molar-refractivity contribution in [3.05, 3.63) is 17.5 Å². The van der Waals surface area contributed by atoms with E-state index in [1.807, 2.05) is 16.8 Å². The van der Waals surface area contributed by atoms with E-state index >= 15 is 0 Å². The van der Waals surface area contributed by atoms with Crippen molar-refractivity contribution >= 4 is 11.8 Å². The van der Waals surface area contributed by atoms with Gasteiger partial charge in [0.25, 0.3) is 5.91 Å². The van der Waals surface area contributed by atoms with Crippen molar-refractivity contribution in [1.29, 1.82) is 0 Å². The number of H-pyrrole nitrogens is 1. The lowest BCUT2D eigenvalue weighted by molar-refractivity contribution is -0.132. The largest absolute Gasteiger partial charge is 0.342 e. The van der Waals surface area contributed by atoms with Crippen LogP contribution in [0.2, 0.25) is 0 Å². The summed E-state index contributed by atoms with van der Waals surface area (Å²) in [4.78, 5) is 32.5. The average molecular weight is 430 g/mol. The van der Waals surface area contributed by atoms with Gasteiger partial charge < -0.3 is 14.7 Å². The molecule has 4 rings (SSSR count). The molecule has 3 fully saturated rings. The quantitative estimate of drug-likeness (QED) is 0.721. The smallest absolute Gasteiger partial charge is 0.257 e. The molecule has 1 aromatic rings. The number of piperidine rings is 1. The molecule has 0 radical (unpaired) electrons. The van der Waals surface area contributed by atoms with Crippen LogP contribution in [-0.4, -0.2) is 82.5 Å². The molecule has 7 heteroatoms. The fraction of sp³-hybridized carbons (Fsp3) is 0.792. The Morgan fingerprint density at radius 3 is 2.61 bits per heavy atom. The van der Waals surface area contributed by atoms with Gasteiger partial charge in [0.2, 0.25) is 5.91 Å². The van der Waals surface area contributed by atoms with Crippen molar-refractivity contribution in [2.24, 2.45) is 0 Å². The Hall–Kier alpha value is -1.89. The van der Waals surface area contributed by atoms with E-state index in [2.05, 4.69) is 15.1 Å². The average Bonchev–Trinajstić information content (AvgIpc) is 3.51. The maximum atomic E-state index is 13.2. The van der Waals surface area contributed by atoms with Crippen molar-refractivity contribution in [2.75, 3.05) is 39.8 Å². The standard InChI is InChI=1S/C24H39N5O2/c1-27(20-10-3-2-4-11-20)24(31)21-17-25-26-23(21)19-9-7-16-29(18-19)22(30)12-8-15-28-13-5-6-14-28/h17,19-20H,2-16,18H2,1H3,(H,25,26)/t19-/m1/s1. The monoisotopic (exact) mass is 429 g/mol. The van der Waals surface area contributed by atoms with E-state index in [1.54, 1.807) is 6.20 Å². The molecule has 1 atom stereocenters. The van der Waals surface area contributed by atoms with Gasteiger partial charge in [0.05, 0.1) is 17.5 Å². The Labute approximate surface area is 186 Å². The van der Waals surface area contributed by atoms with Crippen LogP contribution in [0.1, 0.15) is 92.6 Å². The van der Waals surface area contributed by atoms with Gasteiger partial charge in [-0.05, 0) is 64.6 Å². The van der Waals surface area contributed by atoms with Crippen LogP contribution in [0.15, 0.2) is 6.20 Å². The van der Waals surface area contributed by atoms with Gasteiger partial charge in [-0.1, -0.05) is 19.3 Å². The number of nitrogens with one attached hydrogen (secondary N) is 1. The molecular formula is C24H39N5O2. The molecule has 1 saturated carbocycles. The molecule has 1 N–H and O–H groups in total. The molecule has 3 heterocycles. The Morgan fingerprint density at radius 1 is 1.06 bits per heavy atom. The Kier molecular flexibility index (Phi) is 7.64. The van der Waals surface area contributed by atoms with Crippen molar-refractivity contribution in [1.82, 2.24) is 24.9 Å². The Bertz CT molecular complexity index is 736. The molecule has 2 saturated heterocycles. The first-order valence-electron chi connectivity index (χ1n) is 12.4. The second-order valence-corrected chi connectivity index (χ2v) is 9.74. The molecule has 1 aliphatic carbocycles. The molecule has 0 spiro atoms. The van der Waals surface area contributed by atoms with E-state index < -0.39 is 0 Å². The zero-order valence-electron chi connectivity index (χ0n) is 19.2. The number of hydrogen-bond donors (Lipinski definition) is 1. The van der Waals surface area contributed by atoms with Crippen LogP contribution in [0.3, 0.4) is 0 Å². The fourth-order valence-corrected chi connectivity index (χ4v) is 5.66. The summed E-state index contributed by atoms with van der Waals surface area (Å²) in [6.45, 7) is 4.93. The highest BCUT2D eigenvalue weighted by atomic mass is 16.2. The van der Waals surface area contributed by atoms with E-state index in [4.69, 9.17) is 0 Å². The molecule has 2 amide bonds. The first-order valence-corrected chi connectivity index (χ1v) is 12.4. The maximum Gasteiger partial charge on any atom is 0.257 e. The number of carbonyl (C=O) groups is 2. The predicted octanol–water partition coefficient (Wildman–Crippen LogP) is 3.40. The van der Waals surface area contributed by atoms with Gasteiger partial charge in [-0.25, -0.2) is 0 Å². The molecule has 0 unspecified atom stereocenters. The Balaban J connectivity index is 1.33. The van der Waals surface area contributed by atoms with E-state index in [9.17, 15) is 9.59 Å². The van der Waals surface area contributed by atoms with E-state index in [0.717, 1.165) is 50.9 Å². The minimum atomic E-state index is 0.0738. The topological polar surface area (TPSA) is 72.5 Å². The second-order valence-electron chi connectivity index (χ2n) is 9.74. The van der Waals surface area contributed by atoms with E-state index in [-0.39, 0.29) is 17.7 Å². The maximum absolute atomic E-state index is 13.2. The van der Waals surface area contributed by atoms with Crippen LogP contribution in [-0.2, 0) is 4.79 Å². The predicted molar refractivity (Wildman–Crippen MR) is 121 cm³/mol. The number of nitrogens with zero attached hydrogens (tertiary/aromatic N) is 4. The first-order chi connectivity index (χ1) is 15.1. The van der Waals surface area contributed by atoms with Gasteiger partial charge in [-0.2, -0.15) is 5.10 Å². The number of aromatic nitrogens is 2. The lowest BCUT2D eigenvalue weighted by atomic mass is 9.91. The number of likely N-dealkylation sites (tertiary alicyclic amines) is 2. The Morgan fingerprint density at radius 2 is 1.84 bits per heavy atom. The van der Waals surface area contributed by atoms with Crippen molar-refractivity contribution in [3.63, 3.8) is 0 Å². The third kappa shape index (κ3) is 5.48. The summed E-state index contributed by atoms with van der Waals surface area (Å²) in [5.41, 5.74) is 1.61. The minimum absolute atomic E-state index is 0.0738. The third-order valence-corrected chi connectivity index (χ3v) is 7.59. The van der Waals surface area contributed by atoms with Crippen LogP contribution in [0, 0.1) is 0 Å². The normalized spacial score (nSPS) is 23.3. The summed E-state index contributed by atoms with van der Waals surface area (Å²) in [6, 6.07) is 0.337. The zero-order valence-corrected chi connectivity index (χ0v) is 19.2. The zero-order chi connectivity index (χ0) is 21.6. The van der Waals surface area contributed by atoms with Crippen molar-refractivity contribution < 1.29 is 9.59 Å². The molecule has 7 nitrogen and oxygen atoms in total. The summed E-state index contributed by atoms with van der Waals surface area (Å²) in [6.07, 6.45) is 13.7. The highest BCUT2D eigenvalue weighted by Crippen LogP contribution is 2.30. The second kappa shape index (κ2) is 10.6. The molecule has 2 aliphatic heterocycles. The van der Waals surface area contributed by atoms with Gasteiger partial charge in [0.1, 0.15) is 0 Å². The summed E-state index contributed by atoms with van der Waals surface area (Å²) >= 11 is 0. The highest BCUT2D eigenvalue weighted by molar-refractivity contribution is 5.95. The summed E-state index contributed by atoms with van der Waals surface area (Å²) < 4.78 is 0. The highest BCUT2D eigenvalue weighted by Gasteiger charge is 2.31. The number of aromatic amines is 1. The SMILES string of the molecule is CN(C(=O)c1cn[nH]c1[C@@H]1CCCN(C(=O)CCCN2CCCC2)C1)C1CCCCC1. The van der Waals surface area contributed by atoms with Gasteiger partial charge in [0.15, 0.2) is 0 Å².